The maximum Gasteiger partial charge on any atom is 0.389 e. The Kier molecular flexibility index (Phi) is 5.27. The van der Waals surface area contributed by atoms with Crippen LogP contribution in [0.2, 0.25) is 0 Å². The highest BCUT2D eigenvalue weighted by Crippen LogP contribution is 2.24. The molecular formula is C14H20F3N3O. The Hall–Kier alpha value is -1.50. The number of alkyl halides is 3. The van der Waals surface area contributed by atoms with Crippen LogP contribution in [0.15, 0.2) is 18.5 Å². The highest BCUT2D eigenvalue weighted by Gasteiger charge is 2.26. The molecule has 1 aromatic rings. The third kappa shape index (κ3) is 5.41. The Balaban J connectivity index is 1.86. The monoisotopic (exact) mass is 303 g/mol. The van der Waals surface area contributed by atoms with E-state index in [2.05, 4.69) is 9.88 Å². The van der Waals surface area contributed by atoms with Gasteiger partial charge in [-0.3, -0.25) is 4.98 Å². The molecule has 2 heterocycles. The highest BCUT2D eigenvalue weighted by molar-refractivity contribution is 5.48. The predicted molar refractivity (Wildman–Crippen MR) is 74.4 cm³/mol. The fourth-order valence-corrected chi connectivity index (χ4v) is 2.37. The smallest absolute Gasteiger partial charge is 0.389 e. The van der Waals surface area contributed by atoms with Gasteiger partial charge in [-0.15, -0.1) is 0 Å². The topological polar surface area (TPSA) is 51.4 Å². The second-order valence-electron chi connectivity index (χ2n) is 5.29. The molecule has 118 valence electrons. The summed E-state index contributed by atoms with van der Waals surface area (Å²) < 4.78 is 41.5. The minimum Gasteiger partial charge on any atom is -0.492 e. The van der Waals surface area contributed by atoms with Crippen LogP contribution in [-0.2, 0) is 0 Å². The first-order valence-electron chi connectivity index (χ1n) is 7.09. The van der Waals surface area contributed by atoms with Crippen molar-refractivity contribution in [3.8, 4) is 5.75 Å². The van der Waals surface area contributed by atoms with Crippen LogP contribution in [0.5, 0.6) is 5.75 Å². The van der Waals surface area contributed by atoms with Crippen molar-refractivity contribution in [3.63, 3.8) is 0 Å². The largest absolute Gasteiger partial charge is 0.492 e. The van der Waals surface area contributed by atoms with Crippen molar-refractivity contribution in [2.24, 2.45) is 5.73 Å². The predicted octanol–water partition coefficient (Wildman–Crippen LogP) is 2.73. The Bertz CT molecular complexity index is 453. The first kappa shape index (κ1) is 15.9. The van der Waals surface area contributed by atoms with Gasteiger partial charge < -0.3 is 15.4 Å². The van der Waals surface area contributed by atoms with Gasteiger partial charge >= 0.3 is 6.18 Å². The van der Waals surface area contributed by atoms with Gasteiger partial charge in [-0.05, 0) is 19.3 Å². The van der Waals surface area contributed by atoms with Crippen molar-refractivity contribution in [2.75, 3.05) is 24.6 Å². The number of hydrogen-bond acceptors (Lipinski definition) is 4. The summed E-state index contributed by atoms with van der Waals surface area (Å²) >= 11 is 0. The Morgan fingerprint density at radius 3 is 2.90 bits per heavy atom. The van der Waals surface area contributed by atoms with Crippen molar-refractivity contribution in [1.82, 2.24) is 4.98 Å². The summed E-state index contributed by atoms with van der Waals surface area (Å²) in [5.74, 6) is 0.494. The van der Waals surface area contributed by atoms with Crippen molar-refractivity contribution >= 4 is 5.69 Å². The number of aromatic nitrogens is 1. The number of pyridine rings is 1. The molecule has 0 aliphatic carbocycles. The molecule has 1 aromatic heterocycles. The molecule has 0 radical (unpaired) electrons. The lowest BCUT2D eigenvalue weighted by atomic mass is 10.1. The molecule has 2 N–H and O–H groups in total. The number of piperidine rings is 1. The number of nitrogens with two attached hydrogens (primary N) is 1. The average molecular weight is 303 g/mol. The highest BCUT2D eigenvalue weighted by atomic mass is 19.4. The summed E-state index contributed by atoms with van der Waals surface area (Å²) in [5, 5.41) is 0. The number of anilines is 1. The molecule has 1 fully saturated rings. The summed E-state index contributed by atoms with van der Waals surface area (Å²) in [7, 11) is 0. The van der Waals surface area contributed by atoms with Crippen LogP contribution in [-0.4, -0.2) is 36.9 Å². The first-order chi connectivity index (χ1) is 9.94. The van der Waals surface area contributed by atoms with Crippen molar-refractivity contribution < 1.29 is 17.9 Å². The SMILES string of the molecule is NC1CCCN(c2cncc(OCCCC(F)(F)F)c2)C1. The summed E-state index contributed by atoms with van der Waals surface area (Å²) in [5.41, 5.74) is 6.84. The van der Waals surface area contributed by atoms with Gasteiger partial charge in [0, 0.05) is 31.6 Å². The van der Waals surface area contributed by atoms with Gasteiger partial charge in [-0.1, -0.05) is 0 Å². The van der Waals surface area contributed by atoms with E-state index in [1.54, 1.807) is 12.3 Å². The minimum atomic E-state index is -4.13. The summed E-state index contributed by atoms with van der Waals surface area (Å²) in [4.78, 5) is 6.21. The van der Waals surface area contributed by atoms with Crippen molar-refractivity contribution in [1.29, 1.82) is 0 Å². The van der Waals surface area contributed by atoms with E-state index in [9.17, 15) is 13.2 Å². The molecular weight excluding hydrogens is 283 g/mol. The van der Waals surface area contributed by atoms with Crippen LogP contribution in [0.25, 0.3) is 0 Å². The van der Waals surface area contributed by atoms with Gasteiger partial charge in [0.15, 0.2) is 0 Å². The van der Waals surface area contributed by atoms with Crippen molar-refractivity contribution in [3.05, 3.63) is 18.5 Å². The van der Waals surface area contributed by atoms with E-state index >= 15 is 0 Å². The molecule has 1 saturated heterocycles. The van der Waals surface area contributed by atoms with Crippen LogP contribution in [0.4, 0.5) is 18.9 Å². The molecule has 2 rings (SSSR count). The van der Waals surface area contributed by atoms with Crippen LogP contribution in [0.1, 0.15) is 25.7 Å². The zero-order valence-electron chi connectivity index (χ0n) is 11.8. The molecule has 0 aromatic carbocycles. The van der Waals surface area contributed by atoms with E-state index in [-0.39, 0.29) is 19.1 Å². The fraction of sp³-hybridized carbons (Fsp3) is 0.643. The lowest BCUT2D eigenvalue weighted by Gasteiger charge is -2.32. The summed E-state index contributed by atoms with van der Waals surface area (Å²) in [6.07, 6.45) is 0.258. The van der Waals surface area contributed by atoms with Gasteiger partial charge in [-0.25, -0.2) is 0 Å². The van der Waals surface area contributed by atoms with Crippen LogP contribution < -0.4 is 15.4 Å². The third-order valence-electron chi connectivity index (χ3n) is 3.40. The number of nitrogens with zero attached hydrogens (tertiary/aromatic N) is 2. The van der Waals surface area contributed by atoms with E-state index in [1.165, 1.54) is 6.20 Å². The summed E-state index contributed by atoms with van der Waals surface area (Å²) in [6, 6.07) is 1.95. The second-order valence-corrected chi connectivity index (χ2v) is 5.29. The molecule has 0 spiro atoms. The van der Waals surface area contributed by atoms with E-state index in [0.717, 1.165) is 31.6 Å². The van der Waals surface area contributed by atoms with Crippen LogP contribution >= 0.6 is 0 Å². The molecule has 4 nitrogen and oxygen atoms in total. The minimum absolute atomic E-state index is 0.0319. The van der Waals surface area contributed by atoms with Crippen LogP contribution in [0.3, 0.4) is 0 Å². The molecule has 0 saturated carbocycles. The van der Waals surface area contributed by atoms with Gasteiger partial charge in [0.25, 0.3) is 0 Å². The van der Waals surface area contributed by atoms with E-state index < -0.39 is 12.6 Å². The Labute approximate surface area is 122 Å². The standard InChI is InChI=1S/C14H20F3N3O/c15-14(16,17)4-2-6-21-13-7-12(8-19-9-13)20-5-1-3-11(18)10-20/h7-9,11H,1-6,10,18H2. The molecule has 7 heteroatoms. The lowest BCUT2D eigenvalue weighted by molar-refractivity contribution is -0.136. The normalized spacial score (nSPS) is 19.6. The van der Waals surface area contributed by atoms with Crippen LogP contribution in [0, 0.1) is 0 Å². The Morgan fingerprint density at radius 1 is 1.38 bits per heavy atom. The van der Waals surface area contributed by atoms with Gasteiger partial charge in [0.1, 0.15) is 5.75 Å². The van der Waals surface area contributed by atoms with E-state index in [0.29, 0.717) is 5.75 Å². The van der Waals surface area contributed by atoms with Gasteiger partial charge in [0.05, 0.1) is 24.7 Å². The lowest BCUT2D eigenvalue weighted by Crippen LogP contribution is -2.42. The number of hydrogen-bond donors (Lipinski definition) is 1. The molecule has 1 unspecified atom stereocenters. The van der Waals surface area contributed by atoms with E-state index in [4.69, 9.17) is 10.5 Å². The number of rotatable bonds is 5. The average Bonchev–Trinajstić information content (AvgIpc) is 2.43. The van der Waals surface area contributed by atoms with Gasteiger partial charge in [0.2, 0.25) is 0 Å². The zero-order chi connectivity index (χ0) is 15.3. The fourth-order valence-electron chi connectivity index (χ4n) is 2.37. The van der Waals surface area contributed by atoms with Gasteiger partial charge in [-0.2, -0.15) is 13.2 Å². The van der Waals surface area contributed by atoms with Crippen molar-refractivity contribution in [2.45, 2.75) is 37.9 Å². The third-order valence-corrected chi connectivity index (χ3v) is 3.40. The zero-order valence-corrected chi connectivity index (χ0v) is 11.8. The molecule has 21 heavy (non-hydrogen) atoms. The quantitative estimate of drug-likeness (QED) is 0.850. The number of halogens is 3. The molecule has 0 amide bonds. The molecule has 0 bridgehead atoms. The second kappa shape index (κ2) is 6.98. The molecule has 1 atom stereocenters. The number of ether oxygens (including phenoxy) is 1. The summed E-state index contributed by atoms with van der Waals surface area (Å²) in [6.45, 7) is 1.70. The maximum absolute atomic E-state index is 12.0. The maximum atomic E-state index is 12.0. The Morgan fingerprint density at radius 2 is 2.19 bits per heavy atom. The molecule has 1 aliphatic rings. The molecule has 1 aliphatic heterocycles. The van der Waals surface area contributed by atoms with E-state index in [1.807, 2.05) is 0 Å². The first-order valence-corrected chi connectivity index (χ1v) is 7.09.